The zero-order valence-corrected chi connectivity index (χ0v) is 9.72. The maximum Gasteiger partial charge on any atom is 0.134 e. The SMILES string of the molecule is CN(Cc1ccccc1)c1cc(Cl)ncn1. The van der Waals surface area contributed by atoms with Crippen molar-refractivity contribution in [3.8, 4) is 0 Å². The van der Waals surface area contributed by atoms with E-state index in [-0.39, 0.29) is 0 Å². The zero-order valence-electron chi connectivity index (χ0n) is 8.97. The Morgan fingerprint density at radius 3 is 2.62 bits per heavy atom. The predicted molar refractivity (Wildman–Crippen MR) is 65.6 cm³/mol. The van der Waals surface area contributed by atoms with Crippen LogP contribution in [-0.2, 0) is 6.54 Å². The highest BCUT2D eigenvalue weighted by atomic mass is 35.5. The maximum absolute atomic E-state index is 5.81. The van der Waals surface area contributed by atoms with E-state index in [0.717, 1.165) is 12.4 Å². The third-order valence-electron chi connectivity index (χ3n) is 2.27. The van der Waals surface area contributed by atoms with Crippen LogP contribution in [0.4, 0.5) is 5.82 Å². The van der Waals surface area contributed by atoms with E-state index in [1.165, 1.54) is 11.9 Å². The van der Waals surface area contributed by atoms with Crippen LogP contribution in [0, 0.1) is 0 Å². The summed E-state index contributed by atoms with van der Waals surface area (Å²) in [5, 5.41) is 0.463. The first-order valence-corrected chi connectivity index (χ1v) is 5.36. The summed E-state index contributed by atoms with van der Waals surface area (Å²) in [4.78, 5) is 10.1. The van der Waals surface area contributed by atoms with Gasteiger partial charge < -0.3 is 4.90 Å². The molecule has 0 N–H and O–H groups in total. The molecule has 0 amide bonds. The minimum atomic E-state index is 0.463. The van der Waals surface area contributed by atoms with Gasteiger partial charge in [0.1, 0.15) is 17.3 Å². The number of rotatable bonds is 3. The van der Waals surface area contributed by atoms with Crippen molar-refractivity contribution >= 4 is 17.4 Å². The van der Waals surface area contributed by atoms with Gasteiger partial charge in [0.25, 0.3) is 0 Å². The van der Waals surface area contributed by atoms with E-state index >= 15 is 0 Å². The van der Waals surface area contributed by atoms with Gasteiger partial charge in [-0.2, -0.15) is 0 Å². The average molecular weight is 234 g/mol. The van der Waals surface area contributed by atoms with Gasteiger partial charge >= 0.3 is 0 Å². The van der Waals surface area contributed by atoms with Gasteiger partial charge in [0.2, 0.25) is 0 Å². The number of aromatic nitrogens is 2. The van der Waals surface area contributed by atoms with Gasteiger partial charge in [-0.25, -0.2) is 9.97 Å². The normalized spacial score (nSPS) is 10.1. The second-order valence-corrected chi connectivity index (χ2v) is 3.93. The zero-order chi connectivity index (χ0) is 11.4. The largest absolute Gasteiger partial charge is 0.355 e. The summed E-state index contributed by atoms with van der Waals surface area (Å²) < 4.78 is 0. The molecule has 1 heterocycles. The third kappa shape index (κ3) is 2.70. The van der Waals surface area contributed by atoms with Crippen molar-refractivity contribution in [1.29, 1.82) is 0 Å². The first kappa shape index (κ1) is 10.9. The molecule has 82 valence electrons. The molecule has 0 unspecified atom stereocenters. The fourth-order valence-corrected chi connectivity index (χ4v) is 1.61. The Hall–Kier alpha value is -1.61. The number of hydrogen-bond acceptors (Lipinski definition) is 3. The second-order valence-electron chi connectivity index (χ2n) is 3.54. The molecule has 3 nitrogen and oxygen atoms in total. The van der Waals surface area contributed by atoms with Crippen molar-refractivity contribution in [2.24, 2.45) is 0 Å². The highest BCUT2D eigenvalue weighted by molar-refractivity contribution is 6.29. The van der Waals surface area contributed by atoms with E-state index in [2.05, 4.69) is 22.1 Å². The van der Waals surface area contributed by atoms with E-state index in [0.29, 0.717) is 5.15 Å². The lowest BCUT2D eigenvalue weighted by Crippen LogP contribution is -2.17. The Balaban J connectivity index is 2.12. The third-order valence-corrected chi connectivity index (χ3v) is 2.48. The molecule has 16 heavy (non-hydrogen) atoms. The average Bonchev–Trinajstić information content (AvgIpc) is 2.30. The molecule has 1 aromatic heterocycles. The molecule has 0 aliphatic carbocycles. The van der Waals surface area contributed by atoms with Crippen LogP contribution in [0.25, 0.3) is 0 Å². The molecule has 0 saturated carbocycles. The van der Waals surface area contributed by atoms with Gasteiger partial charge in [0.05, 0.1) is 0 Å². The van der Waals surface area contributed by atoms with Crippen LogP contribution in [0.3, 0.4) is 0 Å². The monoisotopic (exact) mass is 233 g/mol. The van der Waals surface area contributed by atoms with Crippen molar-refractivity contribution in [1.82, 2.24) is 9.97 Å². The van der Waals surface area contributed by atoms with Gasteiger partial charge in [-0.05, 0) is 5.56 Å². The molecule has 0 aliphatic heterocycles. The lowest BCUT2D eigenvalue weighted by molar-refractivity contribution is 0.891. The molecule has 0 radical (unpaired) electrons. The second kappa shape index (κ2) is 4.94. The number of anilines is 1. The molecular weight excluding hydrogens is 222 g/mol. The summed E-state index contributed by atoms with van der Waals surface area (Å²) >= 11 is 5.81. The molecule has 0 aliphatic rings. The molecular formula is C12H12ClN3. The molecule has 4 heteroatoms. The molecule has 0 spiro atoms. The number of hydrogen-bond donors (Lipinski definition) is 0. The topological polar surface area (TPSA) is 29.0 Å². The predicted octanol–water partition coefficient (Wildman–Crippen LogP) is 2.77. The summed E-state index contributed by atoms with van der Waals surface area (Å²) in [5.74, 6) is 0.823. The van der Waals surface area contributed by atoms with Gasteiger partial charge in [0.15, 0.2) is 0 Å². The van der Waals surface area contributed by atoms with Crippen LogP contribution in [0.5, 0.6) is 0 Å². The summed E-state index contributed by atoms with van der Waals surface area (Å²) in [6, 6.07) is 12.0. The molecule has 0 bridgehead atoms. The van der Waals surface area contributed by atoms with E-state index in [1.54, 1.807) is 6.07 Å². The van der Waals surface area contributed by atoms with Crippen molar-refractivity contribution in [3.05, 3.63) is 53.4 Å². The molecule has 1 aromatic carbocycles. The summed E-state index contributed by atoms with van der Waals surface area (Å²) in [6.45, 7) is 0.800. The van der Waals surface area contributed by atoms with Crippen molar-refractivity contribution < 1.29 is 0 Å². The number of benzene rings is 1. The first-order chi connectivity index (χ1) is 7.75. The lowest BCUT2D eigenvalue weighted by Gasteiger charge is -2.17. The van der Waals surface area contributed by atoms with Crippen LogP contribution in [0.15, 0.2) is 42.7 Å². The molecule has 0 atom stereocenters. The smallest absolute Gasteiger partial charge is 0.134 e. The van der Waals surface area contributed by atoms with Gasteiger partial charge in [-0.3, -0.25) is 0 Å². The van der Waals surface area contributed by atoms with Crippen LogP contribution >= 0.6 is 11.6 Å². The lowest BCUT2D eigenvalue weighted by atomic mass is 10.2. The van der Waals surface area contributed by atoms with Gasteiger partial charge in [-0.1, -0.05) is 41.9 Å². The summed E-state index contributed by atoms with van der Waals surface area (Å²) in [7, 11) is 1.98. The quantitative estimate of drug-likeness (QED) is 0.764. The first-order valence-electron chi connectivity index (χ1n) is 4.98. The van der Waals surface area contributed by atoms with Crippen molar-refractivity contribution in [2.45, 2.75) is 6.54 Å². The van der Waals surface area contributed by atoms with Gasteiger partial charge in [-0.15, -0.1) is 0 Å². The van der Waals surface area contributed by atoms with Crippen LogP contribution in [0.1, 0.15) is 5.56 Å². The highest BCUT2D eigenvalue weighted by Crippen LogP contribution is 2.14. The van der Waals surface area contributed by atoms with Gasteiger partial charge in [0, 0.05) is 19.7 Å². The molecule has 2 rings (SSSR count). The number of halogens is 1. The fourth-order valence-electron chi connectivity index (χ4n) is 1.47. The Bertz CT molecular complexity index is 459. The van der Waals surface area contributed by atoms with Crippen molar-refractivity contribution in [2.75, 3.05) is 11.9 Å². The number of nitrogens with zero attached hydrogens (tertiary/aromatic N) is 3. The van der Waals surface area contributed by atoms with Crippen LogP contribution in [0.2, 0.25) is 5.15 Å². The highest BCUT2D eigenvalue weighted by Gasteiger charge is 2.03. The minimum Gasteiger partial charge on any atom is -0.355 e. The standard InChI is InChI=1S/C12H12ClN3/c1-16(8-10-5-3-2-4-6-10)12-7-11(13)14-9-15-12/h2-7,9H,8H2,1H3. The Morgan fingerprint density at radius 1 is 1.19 bits per heavy atom. The molecule has 2 aromatic rings. The Kier molecular flexibility index (Phi) is 3.37. The maximum atomic E-state index is 5.81. The summed E-state index contributed by atoms with van der Waals surface area (Å²) in [5.41, 5.74) is 1.24. The van der Waals surface area contributed by atoms with Crippen LogP contribution in [-0.4, -0.2) is 17.0 Å². The van der Waals surface area contributed by atoms with E-state index in [1.807, 2.05) is 30.1 Å². The van der Waals surface area contributed by atoms with Crippen molar-refractivity contribution in [3.63, 3.8) is 0 Å². The van der Waals surface area contributed by atoms with Crippen LogP contribution < -0.4 is 4.90 Å². The van der Waals surface area contributed by atoms with E-state index in [9.17, 15) is 0 Å². The minimum absolute atomic E-state index is 0.463. The Morgan fingerprint density at radius 2 is 1.94 bits per heavy atom. The molecule has 0 fully saturated rings. The van der Waals surface area contributed by atoms with E-state index in [4.69, 9.17) is 11.6 Å². The molecule has 0 saturated heterocycles. The Labute approximate surface area is 99.7 Å². The van der Waals surface area contributed by atoms with E-state index < -0.39 is 0 Å². The summed E-state index contributed by atoms with van der Waals surface area (Å²) in [6.07, 6.45) is 1.47. The fraction of sp³-hybridized carbons (Fsp3) is 0.167.